The Bertz CT molecular complexity index is 439. The Balaban J connectivity index is 3.31. The number of hydrogen-bond donors (Lipinski definition) is 0. The minimum absolute atomic E-state index is 0.00315. The summed E-state index contributed by atoms with van der Waals surface area (Å²) < 4.78 is 34.2. The van der Waals surface area contributed by atoms with Gasteiger partial charge in [0.25, 0.3) is 0 Å². The second-order valence-corrected chi connectivity index (χ2v) is 4.56. The molecule has 0 radical (unpaired) electrons. The molecule has 7 heteroatoms. The van der Waals surface area contributed by atoms with E-state index in [0.717, 1.165) is 0 Å². The predicted molar refractivity (Wildman–Crippen MR) is 69.4 cm³/mol. The molecule has 0 aliphatic carbocycles. The molecular formula is C11H10Br2F2O3. The molecule has 0 amide bonds. The summed E-state index contributed by atoms with van der Waals surface area (Å²) in [6.45, 7) is -1.22. The van der Waals surface area contributed by atoms with Crippen LogP contribution in [0.2, 0.25) is 0 Å². The lowest BCUT2D eigenvalue weighted by molar-refractivity contribution is -0.0510. The van der Waals surface area contributed by atoms with Crippen LogP contribution in [0.25, 0.3) is 0 Å². The van der Waals surface area contributed by atoms with Crippen LogP contribution >= 0.6 is 31.9 Å². The van der Waals surface area contributed by atoms with Gasteiger partial charge in [-0.15, -0.1) is 0 Å². The number of benzene rings is 1. The molecule has 0 spiro atoms. The maximum Gasteiger partial charge on any atom is 0.387 e. The summed E-state index contributed by atoms with van der Waals surface area (Å²) >= 11 is 6.26. The van der Waals surface area contributed by atoms with Gasteiger partial charge in [0.1, 0.15) is 5.56 Å². The van der Waals surface area contributed by atoms with Crippen molar-refractivity contribution in [2.75, 3.05) is 6.61 Å². The average molecular weight is 388 g/mol. The molecule has 18 heavy (non-hydrogen) atoms. The number of alkyl halides is 3. The Kier molecular flexibility index (Phi) is 6.01. The molecule has 0 heterocycles. The molecule has 0 saturated carbocycles. The monoisotopic (exact) mass is 386 g/mol. The molecule has 0 aromatic heterocycles. The van der Waals surface area contributed by atoms with Crippen molar-refractivity contribution < 1.29 is 23.0 Å². The van der Waals surface area contributed by atoms with Gasteiger partial charge in [0.15, 0.2) is 5.75 Å². The topological polar surface area (TPSA) is 35.5 Å². The fourth-order valence-electron chi connectivity index (χ4n) is 1.34. The van der Waals surface area contributed by atoms with Gasteiger partial charge in [-0.25, -0.2) is 4.79 Å². The van der Waals surface area contributed by atoms with E-state index in [-0.39, 0.29) is 22.4 Å². The molecule has 0 aliphatic heterocycles. The van der Waals surface area contributed by atoms with E-state index in [9.17, 15) is 13.6 Å². The van der Waals surface area contributed by atoms with Gasteiger partial charge in [-0.3, -0.25) is 0 Å². The van der Waals surface area contributed by atoms with E-state index in [2.05, 4.69) is 36.6 Å². The first kappa shape index (κ1) is 15.4. The maximum atomic E-state index is 12.4. The second kappa shape index (κ2) is 7.04. The van der Waals surface area contributed by atoms with Crippen LogP contribution in [0.15, 0.2) is 16.6 Å². The fourth-order valence-corrected chi connectivity index (χ4v) is 2.23. The van der Waals surface area contributed by atoms with Crippen LogP contribution in [0, 0.1) is 0 Å². The minimum Gasteiger partial charge on any atom is -0.462 e. The van der Waals surface area contributed by atoms with Crippen molar-refractivity contribution in [2.45, 2.75) is 18.9 Å². The van der Waals surface area contributed by atoms with E-state index in [0.29, 0.717) is 10.9 Å². The van der Waals surface area contributed by atoms with Gasteiger partial charge in [0.2, 0.25) is 0 Å². The third-order valence-electron chi connectivity index (χ3n) is 2.03. The Morgan fingerprint density at radius 2 is 2.11 bits per heavy atom. The van der Waals surface area contributed by atoms with E-state index in [4.69, 9.17) is 4.74 Å². The molecule has 0 unspecified atom stereocenters. The number of carbonyl (C=O) groups excluding carboxylic acids is 1. The van der Waals surface area contributed by atoms with Gasteiger partial charge in [0, 0.05) is 5.33 Å². The third-order valence-corrected chi connectivity index (χ3v) is 3.25. The van der Waals surface area contributed by atoms with E-state index in [1.54, 1.807) is 13.0 Å². The summed E-state index contributed by atoms with van der Waals surface area (Å²) in [5.74, 6) is -0.899. The van der Waals surface area contributed by atoms with E-state index in [1.807, 2.05) is 0 Å². The Morgan fingerprint density at radius 3 is 2.61 bits per heavy atom. The number of esters is 1. The number of rotatable bonds is 5. The van der Waals surface area contributed by atoms with Crippen molar-refractivity contribution in [1.29, 1.82) is 0 Å². The largest absolute Gasteiger partial charge is 0.462 e. The third kappa shape index (κ3) is 3.65. The van der Waals surface area contributed by atoms with Gasteiger partial charge < -0.3 is 9.47 Å². The molecule has 3 nitrogen and oxygen atoms in total. The summed E-state index contributed by atoms with van der Waals surface area (Å²) in [6.07, 6.45) is 0. The zero-order valence-corrected chi connectivity index (χ0v) is 12.6. The summed E-state index contributed by atoms with van der Waals surface area (Å²) in [4.78, 5) is 11.8. The highest BCUT2D eigenvalue weighted by Crippen LogP contribution is 2.34. The van der Waals surface area contributed by atoms with Crippen LogP contribution < -0.4 is 4.74 Å². The van der Waals surface area contributed by atoms with Gasteiger partial charge in [-0.2, -0.15) is 8.78 Å². The molecule has 1 rings (SSSR count). The predicted octanol–water partition coefficient (Wildman–Crippen LogP) is 4.12. The number of halogens is 4. The lowest BCUT2D eigenvalue weighted by Crippen LogP contribution is -2.13. The standard InChI is InChI=1S/C11H10Br2F2O3/c1-2-17-10(16)8-6(5-12)3-4-7(13)9(8)18-11(14)15/h3-4,11H,2,5H2,1H3. The van der Waals surface area contributed by atoms with E-state index >= 15 is 0 Å². The van der Waals surface area contributed by atoms with Crippen LogP contribution in [-0.4, -0.2) is 19.2 Å². The first-order valence-electron chi connectivity index (χ1n) is 5.00. The van der Waals surface area contributed by atoms with Gasteiger partial charge >= 0.3 is 12.6 Å². The van der Waals surface area contributed by atoms with Crippen LogP contribution in [-0.2, 0) is 10.1 Å². The van der Waals surface area contributed by atoms with Crippen molar-refractivity contribution in [1.82, 2.24) is 0 Å². The molecule has 0 saturated heterocycles. The normalized spacial score (nSPS) is 10.6. The number of ether oxygens (including phenoxy) is 2. The van der Waals surface area contributed by atoms with E-state index < -0.39 is 12.6 Å². The second-order valence-electron chi connectivity index (χ2n) is 3.14. The fraction of sp³-hybridized carbons (Fsp3) is 0.364. The molecule has 1 aromatic rings. The minimum atomic E-state index is -3.01. The Hall–Kier alpha value is -0.690. The Labute approximate surface area is 120 Å². The van der Waals surface area contributed by atoms with Crippen LogP contribution in [0.5, 0.6) is 5.75 Å². The average Bonchev–Trinajstić information content (AvgIpc) is 2.31. The lowest BCUT2D eigenvalue weighted by atomic mass is 10.1. The summed E-state index contributed by atoms with van der Waals surface area (Å²) in [5.41, 5.74) is 0.524. The molecule has 0 atom stereocenters. The van der Waals surface area contributed by atoms with Crippen molar-refractivity contribution in [3.8, 4) is 5.75 Å². The van der Waals surface area contributed by atoms with E-state index in [1.165, 1.54) is 6.07 Å². The molecule has 0 bridgehead atoms. The van der Waals surface area contributed by atoms with Crippen molar-refractivity contribution in [3.05, 3.63) is 27.7 Å². The quantitative estimate of drug-likeness (QED) is 0.563. The molecular weight excluding hydrogens is 378 g/mol. The maximum absolute atomic E-state index is 12.4. The summed E-state index contributed by atoms with van der Waals surface area (Å²) in [7, 11) is 0. The van der Waals surface area contributed by atoms with Gasteiger partial charge in [0.05, 0.1) is 11.1 Å². The van der Waals surface area contributed by atoms with Gasteiger partial charge in [-0.1, -0.05) is 22.0 Å². The van der Waals surface area contributed by atoms with Crippen molar-refractivity contribution in [2.24, 2.45) is 0 Å². The highest BCUT2D eigenvalue weighted by atomic mass is 79.9. The summed E-state index contributed by atoms with van der Waals surface area (Å²) in [6, 6.07) is 3.17. The highest BCUT2D eigenvalue weighted by Gasteiger charge is 2.23. The zero-order chi connectivity index (χ0) is 13.7. The first-order chi connectivity index (χ1) is 8.51. The molecule has 0 N–H and O–H groups in total. The molecule has 100 valence electrons. The molecule has 0 aliphatic rings. The van der Waals surface area contributed by atoms with Crippen molar-refractivity contribution >= 4 is 37.8 Å². The first-order valence-corrected chi connectivity index (χ1v) is 6.92. The Morgan fingerprint density at radius 1 is 1.44 bits per heavy atom. The number of carbonyl (C=O) groups is 1. The SMILES string of the molecule is CCOC(=O)c1c(CBr)ccc(Br)c1OC(F)F. The number of hydrogen-bond acceptors (Lipinski definition) is 3. The van der Waals surface area contributed by atoms with Crippen LogP contribution in [0.3, 0.4) is 0 Å². The molecule has 0 fully saturated rings. The lowest BCUT2D eigenvalue weighted by Gasteiger charge is -2.14. The van der Waals surface area contributed by atoms with Crippen molar-refractivity contribution in [3.63, 3.8) is 0 Å². The van der Waals surface area contributed by atoms with Crippen LogP contribution in [0.1, 0.15) is 22.8 Å². The zero-order valence-electron chi connectivity index (χ0n) is 9.38. The van der Waals surface area contributed by atoms with Gasteiger partial charge in [-0.05, 0) is 34.5 Å². The molecule has 1 aromatic carbocycles. The van der Waals surface area contributed by atoms with Crippen LogP contribution in [0.4, 0.5) is 8.78 Å². The smallest absolute Gasteiger partial charge is 0.387 e. The highest BCUT2D eigenvalue weighted by molar-refractivity contribution is 9.10. The summed E-state index contributed by atoms with van der Waals surface area (Å²) in [5, 5.41) is 0.327.